The zero-order chi connectivity index (χ0) is 18.1. The fourth-order valence-electron chi connectivity index (χ4n) is 7.25. The summed E-state index contributed by atoms with van der Waals surface area (Å²) >= 11 is 0. The molecule has 1 unspecified atom stereocenters. The fraction of sp³-hybridized carbons (Fsp3) is 0.739. The molecule has 2 nitrogen and oxygen atoms in total. The Morgan fingerprint density at radius 1 is 1.08 bits per heavy atom. The van der Waals surface area contributed by atoms with Gasteiger partial charge in [0.2, 0.25) is 0 Å². The number of carbonyl (C=O) groups is 2. The molecule has 0 heterocycles. The number of fused-ring (bicyclic) bond motifs is 5. The maximum atomic E-state index is 13.0. The first-order valence-corrected chi connectivity index (χ1v) is 10.2. The summed E-state index contributed by atoms with van der Waals surface area (Å²) in [7, 11) is 0. The minimum atomic E-state index is -0.444. The lowest BCUT2D eigenvalue weighted by Crippen LogP contribution is -2.47. The van der Waals surface area contributed by atoms with Crippen molar-refractivity contribution in [2.45, 2.75) is 79.6 Å². The molecule has 0 amide bonds. The van der Waals surface area contributed by atoms with Crippen LogP contribution >= 0.6 is 0 Å². The largest absolute Gasteiger partial charge is 0.299 e. The normalized spacial score (nSPS) is 43.7. The lowest BCUT2D eigenvalue weighted by Gasteiger charge is -2.56. The Kier molecular flexibility index (Phi) is 3.73. The standard InChI is InChI=1S/C23H32O2/c1-13-12-16-8-6-7-10-22(16,4)17-9-11-23(5)19(18(13)17)14(2)21(25)20(23)15(3)24/h16-17,20H,6-12H2,1-5H3/t16?,17-,20-,22-,23-/m0/s1. The molecule has 2 saturated carbocycles. The van der Waals surface area contributed by atoms with Crippen molar-refractivity contribution in [3.63, 3.8) is 0 Å². The third kappa shape index (κ3) is 2.09. The average Bonchev–Trinajstić information content (AvgIpc) is 2.74. The van der Waals surface area contributed by atoms with Gasteiger partial charge in [-0.2, -0.15) is 0 Å². The van der Waals surface area contributed by atoms with Gasteiger partial charge in [-0.25, -0.2) is 0 Å². The van der Waals surface area contributed by atoms with Gasteiger partial charge in [0.15, 0.2) is 5.78 Å². The third-order valence-electron chi connectivity index (χ3n) is 8.45. The first-order chi connectivity index (χ1) is 11.7. The maximum absolute atomic E-state index is 13.0. The van der Waals surface area contributed by atoms with Crippen molar-refractivity contribution >= 4 is 11.6 Å². The molecule has 0 spiro atoms. The highest BCUT2D eigenvalue weighted by Crippen LogP contribution is 2.65. The Morgan fingerprint density at radius 3 is 2.48 bits per heavy atom. The molecule has 4 aliphatic rings. The molecule has 0 aliphatic heterocycles. The monoisotopic (exact) mass is 340 g/mol. The molecule has 0 radical (unpaired) electrons. The highest BCUT2D eigenvalue weighted by Gasteiger charge is 2.59. The summed E-state index contributed by atoms with van der Waals surface area (Å²) in [6.45, 7) is 10.6. The quantitative estimate of drug-likeness (QED) is 0.597. The van der Waals surface area contributed by atoms with Crippen LogP contribution in [0.15, 0.2) is 22.3 Å². The number of Topliss-reactive ketones (excluding diaryl/α,β-unsaturated/α-hetero) is 2. The van der Waals surface area contributed by atoms with Crippen LogP contribution in [-0.2, 0) is 9.59 Å². The number of carbonyl (C=O) groups excluding carboxylic acids is 2. The minimum absolute atomic E-state index is 0.0520. The maximum Gasteiger partial charge on any atom is 0.170 e. The molecule has 2 fully saturated rings. The third-order valence-corrected chi connectivity index (χ3v) is 8.45. The molecule has 5 atom stereocenters. The minimum Gasteiger partial charge on any atom is -0.299 e. The van der Waals surface area contributed by atoms with E-state index < -0.39 is 5.92 Å². The Balaban J connectivity index is 1.88. The second-order valence-electron chi connectivity index (χ2n) is 9.76. The number of hydrogen-bond acceptors (Lipinski definition) is 2. The molecule has 0 aromatic rings. The van der Waals surface area contributed by atoms with E-state index in [1.165, 1.54) is 48.8 Å². The van der Waals surface area contributed by atoms with E-state index in [-0.39, 0.29) is 17.0 Å². The van der Waals surface area contributed by atoms with Gasteiger partial charge < -0.3 is 0 Å². The van der Waals surface area contributed by atoms with Crippen LogP contribution in [0.5, 0.6) is 0 Å². The van der Waals surface area contributed by atoms with Crippen molar-refractivity contribution in [3.05, 3.63) is 22.3 Å². The second-order valence-corrected chi connectivity index (χ2v) is 9.76. The van der Waals surface area contributed by atoms with E-state index in [4.69, 9.17) is 0 Å². The highest BCUT2D eigenvalue weighted by molar-refractivity contribution is 6.14. The van der Waals surface area contributed by atoms with Gasteiger partial charge in [0.05, 0.1) is 5.92 Å². The summed E-state index contributed by atoms with van der Waals surface area (Å²) in [6.07, 6.45) is 8.73. The summed E-state index contributed by atoms with van der Waals surface area (Å²) in [4.78, 5) is 25.3. The molecule has 0 saturated heterocycles. The van der Waals surface area contributed by atoms with Gasteiger partial charge in [0.1, 0.15) is 5.78 Å². The van der Waals surface area contributed by atoms with Crippen LogP contribution in [0.1, 0.15) is 79.6 Å². The van der Waals surface area contributed by atoms with Crippen LogP contribution in [0.3, 0.4) is 0 Å². The van der Waals surface area contributed by atoms with Gasteiger partial charge in [-0.1, -0.05) is 32.3 Å². The van der Waals surface area contributed by atoms with Crippen LogP contribution in [-0.4, -0.2) is 11.6 Å². The van der Waals surface area contributed by atoms with Crippen molar-refractivity contribution < 1.29 is 9.59 Å². The molecular weight excluding hydrogens is 308 g/mol. The molecule has 0 bridgehead atoms. The molecule has 136 valence electrons. The van der Waals surface area contributed by atoms with E-state index in [1.807, 2.05) is 6.92 Å². The topological polar surface area (TPSA) is 34.1 Å². The molecule has 4 rings (SSSR count). The number of rotatable bonds is 1. The lowest BCUT2D eigenvalue weighted by molar-refractivity contribution is -0.132. The Bertz CT molecular complexity index is 724. The predicted octanol–water partition coefficient (Wildman–Crippen LogP) is 5.42. The van der Waals surface area contributed by atoms with Gasteiger partial charge >= 0.3 is 0 Å². The Morgan fingerprint density at radius 2 is 1.80 bits per heavy atom. The van der Waals surface area contributed by atoms with E-state index in [1.54, 1.807) is 6.92 Å². The zero-order valence-electron chi connectivity index (χ0n) is 16.5. The van der Waals surface area contributed by atoms with E-state index >= 15 is 0 Å². The SMILES string of the molecule is CC(=O)[C@H]1C(=O)C(C)=C2C3=C(C)CC4CCCC[C@]4(C)[C@H]3CC[C@@]21C. The smallest absolute Gasteiger partial charge is 0.170 e. The van der Waals surface area contributed by atoms with Gasteiger partial charge in [-0.05, 0) is 86.8 Å². The first kappa shape index (κ1) is 17.2. The number of hydrogen-bond donors (Lipinski definition) is 0. The molecule has 4 aliphatic carbocycles. The van der Waals surface area contributed by atoms with Crippen LogP contribution < -0.4 is 0 Å². The molecule has 2 heteroatoms. The Hall–Kier alpha value is -1.18. The van der Waals surface area contributed by atoms with E-state index in [2.05, 4.69) is 20.8 Å². The molecular formula is C23H32O2. The van der Waals surface area contributed by atoms with Gasteiger partial charge in [-0.15, -0.1) is 0 Å². The summed E-state index contributed by atoms with van der Waals surface area (Å²) in [6, 6.07) is 0. The summed E-state index contributed by atoms with van der Waals surface area (Å²) in [5, 5.41) is 0. The van der Waals surface area contributed by atoms with Gasteiger partial charge in [0.25, 0.3) is 0 Å². The fourth-order valence-corrected chi connectivity index (χ4v) is 7.25. The van der Waals surface area contributed by atoms with E-state index in [0.29, 0.717) is 11.3 Å². The predicted molar refractivity (Wildman–Crippen MR) is 100 cm³/mol. The summed E-state index contributed by atoms with van der Waals surface area (Å²) in [5.41, 5.74) is 5.28. The van der Waals surface area contributed by atoms with Gasteiger partial charge in [-0.3, -0.25) is 9.59 Å². The van der Waals surface area contributed by atoms with E-state index in [9.17, 15) is 9.59 Å². The average molecular weight is 341 g/mol. The zero-order valence-corrected chi connectivity index (χ0v) is 16.5. The van der Waals surface area contributed by atoms with Crippen molar-refractivity contribution in [1.82, 2.24) is 0 Å². The van der Waals surface area contributed by atoms with Crippen LogP contribution in [0.25, 0.3) is 0 Å². The first-order valence-electron chi connectivity index (χ1n) is 10.2. The number of allylic oxidation sites excluding steroid dienone is 4. The second kappa shape index (κ2) is 5.41. The lowest BCUT2D eigenvalue weighted by atomic mass is 9.48. The molecule has 0 N–H and O–H groups in total. The van der Waals surface area contributed by atoms with Crippen LogP contribution in [0.4, 0.5) is 0 Å². The molecule has 0 aromatic carbocycles. The van der Waals surface area contributed by atoms with Crippen molar-refractivity contribution in [2.75, 3.05) is 0 Å². The molecule has 25 heavy (non-hydrogen) atoms. The van der Waals surface area contributed by atoms with Crippen LogP contribution in [0, 0.1) is 28.6 Å². The van der Waals surface area contributed by atoms with Crippen molar-refractivity contribution in [2.24, 2.45) is 28.6 Å². The van der Waals surface area contributed by atoms with Gasteiger partial charge in [0, 0.05) is 5.41 Å². The summed E-state index contributed by atoms with van der Waals surface area (Å²) in [5.74, 6) is 1.10. The van der Waals surface area contributed by atoms with Crippen LogP contribution in [0.2, 0.25) is 0 Å². The molecule has 0 aromatic heterocycles. The number of ketones is 2. The summed E-state index contributed by atoms with van der Waals surface area (Å²) < 4.78 is 0. The highest BCUT2D eigenvalue weighted by atomic mass is 16.2. The van der Waals surface area contributed by atoms with Crippen molar-refractivity contribution in [1.29, 1.82) is 0 Å². The van der Waals surface area contributed by atoms with E-state index in [0.717, 1.165) is 24.3 Å². The Labute approximate surface area is 152 Å². The van der Waals surface area contributed by atoms with Crippen molar-refractivity contribution in [3.8, 4) is 0 Å².